The fourth-order valence-corrected chi connectivity index (χ4v) is 3.03. The lowest BCUT2D eigenvalue weighted by Gasteiger charge is -2.15. The van der Waals surface area contributed by atoms with Crippen molar-refractivity contribution in [1.29, 1.82) is 0 Å². The first kappa shape index (κ1) is 14.4. The van der Waals surface area contributed by atoms with Gasteiger partial charge in [-0.3, -0.25) is 4.79 Å². The lowest BCUT2D eigenvalue weighted by molar-refractivity contribution is -0.137. The molecule has 0 saturated heterocycles. The van der Waals surface area contributed by atoms with Crippen LogP contribution in [-0.2, 0) is 4.79 Å². The van der Waals surface area contributed by atoms with Gasteiger partial charge in [0.15, 0.2) is 0 Å². The van der Waals surface area contributed by atoms with E-state index in [1.165, 1.54) is 28.9 Å². The van der Waals surface area contributed by atoms with Gasteiger partial charge in [0.1, 0.15) is 0 Å². The van der Waals surface area contributed by atoms with Crippen LogP contribution in [0.15, 0.2) is 22.1 Å². The van der Waals surface area contributed by atoms with Crippen LogP contribution in [0, 0.1) is 0 Å². The molecule has 0 radical (unpaired) electrons. The number of thioether (sulfide) groups is 1. The summed E-state index contributed by atoms with van der Waals surface area (Å²) in [6.45, 7) is 4.41. The Morgan fingerprint density at radius 2 is 2.06 bits per heavy atom. The molecule has 0 aromatic rings. The van der Waals surface area contributed by atoms with Gasteiger partial charge in [-0.1, -0.05) is 17.6 Å². The number of allylic oxidation sites excluding steroid dienone is 3. The molecule has 0 heterocycles. The van der Waals surface area contributed by atoms with Gasteiger partial charge in [0.2, 0.25) is 0 Å². The minimum Gasteiger partial charge on any atom is -0.481 e. The fourth-order valence-electron chi connectivity index (χ4n) is 1.83. The van der Waals surface area contributed by atoms with Gasteiger partial charge in [0.25, 0.3) is 0 Å². The number of hydrogen-bond acceptors (Lipinski definition) is 2. The van der Waals surface area contributed by atoms with Crippen molar-refractivity contribution in [3.05, 3.63) is 22.1 Å². The second-order valence-electron chi connectivity index (χ2n) is 4.69. The molecule has 0 aromatic heterocycles. The number of unbranched alkanes of at least 4 members (excludes halogenated alkanes) is 2. The SMILES string of the molecule is CC1=CC(SCCCCCC(=O)O)=C(C)CC1. The topological polar surface area (TPSA) is 37.3 Å². The van der Waals surface area contributed by atoms with E-state index in [0.717, 1.165) is 25.0 Å². The van der Waals surface area contributed by atoms with Crippen molar-refractivity contribution < 1.29 is 9.90 Å². The van der Waals surface area contributed by atoms with Crippen molar-refractivity contribution in [1.82, 2.24) is 0 Å². The molecule has 1 aliphatic rings. The Balaban J connectivity index is 2.16. The number of carboxylic acids is 1. The molecular formula is C14H22O2S. The van der Waals surface area contributed by atoms with Gasteiger partial charge in [0.05, 0.1) is 0 Å². The lowest BCUT2D eigenvalue weighted by atomic mass is 10.0. The van der Waals surface area contributed by atoms with E-state index in [0.29, 0.717) is 6.42 Å². The monoisotopic (exact) mass is 254 g/mol. The first-order chi connectivity index (χ1) is 8.09. The van der Waals surface area contributed by atoms with Crippen LogP contribution < -0.4 is 0 Å². The second kappa shape index (κ2) is 7.59. The van der Waals surface area contributed by atoms with E-state index in [-0.39, 0.29) is 0 Å². The van der Waals surface area contributed by atoms with Crippen molar-refractivity contribution in [2.75, 3.05) is 5.75 Å². The van der Waals surface area contributed by atoms with E-state index >= 15 is 0 Å². The zero-order valence-corrected chi connectivity index (χ0v) is 11.6. The molecule has 0 atom stereocenters. The first-order valence-corrected chi connectivity index (χ1v) is 7.29. The summed E-state index contributed by atoms with van der Waals surface area (Å²) in [5.41, 5.74) is 2.98. The van der Waals surface area contributed by atoms with E-state index in [9.17, 15) is 4.79 Å². The van der Waals surface area contributed by atoms with Gasteiger partial charge < -0.3 is 5.11 Å². The Labute approximate surface area is 108 Å². The number of carbonyl (C=O) groups is 1. The number of carboxylic acid groups (broad SMARTS) is 1. The second-order valence-corrected chi connectivity index (χ2v) is 5.82. The van der Waals surface area contributed by atoms with Crippen LogP contribution in [0.1, 0.15) is 52.4 Å². The third kappa shape index (κ3) is 5.97. The minimum atomic E-state index is -0.679. The Morgan fingerprint density at radius 1 is 1.29 bits per heavy atom. The van der Waals surface area contributed by atoms with Gasteiger partial charge in [-0.15, -0.1) is 11.8 Å². The van der Waals surface area contributed by atoms with Crippen LogP contribution in [-0.4, -0.2) is 16.8 Å². The minimum absolute atomic E-state index is 0.311. The maximum Gasteiger partial charge on any atom is 0.303 e. The molecule has 0 aromatic carbocycles. The Bertz CT molecular complexity index is 329. The summed E-state index contributed by atoms with van der Waals surface area (Å²) in [4.78, 5) is 11.8. The van der Waals surface area contributed by atoms with Crippen molar-refractivity contribution in [3.8, 4) is 0 Å². The molecule has 0 fully saturated rings. The molecule has 0 bridgehead atoms. The Morgan fingerprint density at radius 3 is 2.76 bits per heavy atom. The largest absolute Gasteiger partial charge is 0.481 e. The highest BCUT2D eigenvalue weighted by atomic mass is 32.2. The average Bonchev–Trinajstić information content (AvgIpc) is 2.27. The van der Waals surface area contributed by atoms with Crippen molar-refractivity contribution in [3.63, 3.8) is 0 Å². The third-order valence-electron chi connectivity index (χ3n) is 2.99. The maximum atomic E-state index is 10.3. The fraction of sp³-hybridized carbons (Fsp3) is 0.643. The smallest absolute Gasteiger partial charge is 0.303 e. The zero-order chi connectivity index (χ0) is 12.7. The third-order valence-corrected chi connectivity index (χ3v) is 4.26. The van der Waals surface area contributed by atoms with E-state index in [1.807, 2.05) is 11.8 Å². The summed E-state index contributed by atoms with van der Waals surface area (Å²) in [6.07, 6.45) is 7.96. The summed E-state index contributed by atoms with van der Waals surface area (Å²) in [5, 5.41) is 8.52. The summed E-state index contributed by atoms with van der Waals surface area (Å²) in [6, 6.07) is 0. The average molecular weight is 254 g/mol. The predicted molar refractivity (Wildman–Crippen MR) is 74.3 cm³/mol. The number of rotatable bonds is 7. The van der Waals surface area contributed by atoms with Crippen LogP contribution in [0.3, 0.4) is 0 Å². The number of aliphatic carboxylic acids is 1. The molecule has 96 valence electrons. The highest BCUT2D eigenvalue weighted by Crippen LogP contribution is 2.31. The van der Waals surface area contributed by atoms with E-state index in [2.05, 4.69) is 19.9 Å². The van der Waals surface area contributed by atoms with Gasteiger partial charge in [-0.2, -0.15) is 0 Å². The van der Waals surface area contributed by atoms with Gasteiger partial charge in [0, 0.05) is 11.3 Å². The van der Waals surface area contributed by atoms with E-state index in [1.54, 1.807) is 0 Å². The van der Waals surface area contributed by atoms with Gasteiger partial charge in [-0.25, -0.2) is 0 Å². The molecule has 0 spiro atoms. The van der Waals surface area contributed by atoms with Crippen molar-refractivity contribution in [2.45, 2.75) is 52.4 Å². The van der Waals surface area contributed by atoms with Crippen LogP contribution in [0.4, 0.5) is 0 Å². The molecule has 3 heteroatoms. The molecule has 0 amide bonds. The molecule has 1 aliphatic carbocycles. The summed E-state index contributed by atoms with van der Waals surface area (Å²) in [7, 11) is 0. The summed E-state index contributed by atoms with van der Waals surface area (Å²) < 4.78 is 0. The summed E-state index contributed by atoms with van der Waals surface area (Å²) in [5.74, 6) is 0.429. The normalized spacial score (nSPS) is 16.0. The van der Waals surface area contributed by atoms with E-state index in [4.69, 9.17) is 5.11 Å². The molecule has 17 heavy (non-hydrogen) atoms. The predicted octanol–water partition coefficient (Wildman–Crippen LogP) is 4.38. The van der Waals surface area contributed by atoms with Crippen molar-refractivity contribution in [2.24, 2.45) is 0 Å². The summed E-state index contributed by atoms with van der Waals surface area (Å²) >= 11 is 1.92. The molecule has 1 rings (SSSR count). The van der Waals surface area contributed by atoms with Crippen LogP contribution in [0.25, 0.3) is 0 Å². The highest BCUT2D eigenvalue weighted by Gasteiger charge is 2.07. The van der Waals surface area contributed by atoms with Gasteiger partial charge in [-0.05, 0) is 51.4 Å². The standard InChI is InChI=1S/C14H22O2S/c1-11-7-8-12(2)13(10-11)17-9-5-3-4-6-14(15)16/h10H,3-9H2,1-2H3,(H,15,16). The number of hydrogen-bond donors (Lipinski definition) is 1. The van der Waals surface area contributed by atoms with Crippen molar-refractivity contribution >= 4 is 17.7 Å². The van der Waals surface area contributed by atoms with Gasteiger partial charge >= 0.3 is 5.97 Å². The van der Waals surface area contributed by atoms with Crippen LogP contribution in [0.5, 0.6) is 0 Å². The zero-order valence-electron chi connectivity index (χ0n) is 10.8. The molecule has 1 N–H and O–H groups in total. The molecule has 0 unspecified atom stereocenters. The van der Waals surface area contributed by atoms with E-state index < -0.39 is 5.97 Å². The first-order valence-electron chi connectivity index (χ1n) is 6.31. The lowest BCUT2D eigenvalue weighted by Crippen LogP contribution is -1.95. The Kier molecular flexibility index (Phi) is 6.41. The Hall–Kier alpha value is -0.700. The molecule has 2 nitrogen and oxygen atoms in total. The quantitative estimate of drug-likeness (QED) is 0.685. The van der Waals surface area contributed by atoms with Crippen LogP contribution >= 0.6 is 11.8 Å². The molecule has 0 saturated carbocycles. The highest BCUT2D eigenvalue weighted by molar-refractivity contribution is 8.03. The molecular weight excluding hydrogens is 232 g/mol. The molecule has 0 aliphatic heterocycles. The maximum absolute atomic E-state index is 10.3. The van der Waals surface area contributed by atoms with Crippen LogP contribution in [0.2, 0.25) is 0 Å².